The molecule has 0 atom stereocenters. The van der Waals surface area contributed by atoms with E-state index in [2.05, 4.69) is 9.97 Å². The quantitative estimate of drug-likeness (QED) is 0.880. The van der Waals surface area contributed by atoms with E-state index in [9.17, 15) is 0 Å². The first-order valence-electron chi connectivity index (χ1n) is 5.78. The predicted octanol–water partition coefficient (Wildman–Crippen LogP) is 2.66. The van der Waals surface area contributed by atoms with Gasteiger partial charge in [-0.15, -0.1) is 0 Å². The van der Waals surface area contributed by atoms with Gasteiger partial charge in [0.1, 0.15) is 12.1 Å². The minimum Gasteiger partial charge on any atom is -0.496 e. The topological polar surface area (TPSA) is 61.0 Å². The van der Waals surface area contributed by atoms with E-state index in [4.69, 9.17) is 10.5 Å². The van der Waals surface area contributed by atoms with E-state index in [1.165, 1.54) is 0 Å². The summed E-state index contributed by atoms with van der Waals surface area (Å²) in [5.41, 5.74) is 11.5. The molecule has 0 unspecified atom stereocenters. The highest BCUT2D eigenvalue weighted by atomic mass is 16.5. The van der Waals surface area contributed by atoms with Crippen LogP contribution in [0.25, 0.3) is 11.3 Å². The molecule has 0 amide bonds. The SMILES string of the molecule is COc1ccc(-c2ncnc(C)c2N)c(C)c1C. The minimum absolute atomic E-state index is 0.630. The second-order valence-electron chi connectivity index (χ2n) is 4.29. The molecule has 0 spiro atoms. The monoisotopic (exact) mass is 243 g/mol. The van der Waals surface area contributed by atoms with Crippen LogP contribution >= 0.6 is 0 Å². The predicted molar refractivity (Wildman–Crippen MR) is 72.6 cm³/mol. The maximum Gasteiger partial charge on any atom is 0.122 e. The molecule has 94 valence electrons. The van der Waals surface area contributed by atoms with Crippen molar-refractivity contribution < 1.29 is 4.74 Å². The summed E-state index contributed by atoms with van der Waals surface area (Å²) in [5, 5.41) is 0. The molecule has 1 heterocycles. The zero-order valence-corrected chi connectivity index (χ0v) is 11.1. The Morgan fingerprint density at radius 2 is 1.78 bits per heavy atom. The van der Waals surface area contributed by atoms with Crippen molar-refractivity contribution >= 4 is 5.69 Å². The van der Waals surface area contributed by atoms with Gasteiger partial charge in [0.05, 0.1) is 24.2 Å². The van der Waals surface area contributed by atoms with Crippen LogP contribution in [0.2, 0.25) is 0 Å². The fourth-order valence-corrected chi connectivity index (χ4v) is 1.97. The van der Waals surface area contributed by atoms with Crippen LogP contribution in [0, 0.1) is 20.8 Å². The molecule has 18 heavy (non-hydrogen) atoms. The standard InChI is InChI=1S/C14H17N3O/c1-8-9(2)12(18-4)6-5-11(8)14-13(15)10(3)16-7-17-14/h5-7H,15H2,1-4H3. The molecular formula is C14H17N3O. The molecule has 0 aliphatic carbocycles. The van der Waals surface area contributed by atoms with Crippen LogP contribution in [-0.2, 0) is 0 Å². The second-order valence-corrected chi connectivity index (χ2v) is 4.29. The third-order valence-electron chi connectivity index (χ3n) is 3.30. The summed E-state index contributed by atoms with van der Waals surface area (Å²) in [7, 11) is 1.67. The Morgan fingerprint density at radius 1 is 1.06 bits per heavy atom. The lowest BCUT2D eigenvalue weighted by Gasteiger charge is -2.13. The van der Waals surface area contributed by atoms with Crippen LogP contribution in [0.3, 0.4) is 0 Å². The summed E-state index contributed by atoms with van der Waals surface area (Å²) in [6.07, 6.45) is 1.54. The number of benzene rings is 1. The van der Waals surface area contributed by atoms with Gasteiger partial charge in [-0.1, -0.05) is 0 Å². The maximum absolute atomic E-state index is 6.05. The van der Waals surface area contributed by atoms with Crippen LogP contribution in [0.1, 0.15) is 16.8 Å². The van der Waals surface area contributed by atoms with Crippen molar-refractivity contribution in [2.45, 2.75) is 20.8 Å². The lowest BCUT2D eigenvalue weighted by molar-refractivity contribution is 0.411. The zero-order valence-electron chi connectivity index (χ0n) is 11.1. The Hall–Kier alpha value is -2.10. The van der Waals surface area contributed by atoms with E-state index >= 15 is 0 Å². The van der Waals surface area contributed by atoms with Crippen molar-refractivity contribution in [1.82, 2.24) is 9.97 Å². The average molecular weight is 243 g/mol. The summed E-state index contributed by atoms with van der Waals surface area (Å²) in [6.45, 7) is 5.96. The van der Waals surface area contributed by atoms with Gasteiger partial charge in [-0.05, 0) is 44.0 Å². The molecule has 0 saturated carbocycles. The third kappa shape index (κ3) is 1.90. The smallest absolute Gasteiger partial charge is 0.122 e. The van der Waals surface area contributed by atoms with Crippen LogP contribution in [-0.4, -0.2) is 17.1 Å². The number of rotatable bonds is 2. The van der Waals surface area contributed by atoms with Gasteiger partial charge >= 0.3 is 0 Å². The maximum atomic E-state index is 6.05. The van der Waals surface area contributed by atoms with Gasteiger partial charge in [0.2, 0.25) is 0 Å². The molecule has 0 bridgehead atoms. The van der Waals surface area contributed by atoms with Crippen LogP contribution in [0.5, 0.6) is 5.75 Å². The van der Waals surface area contributed by atoms with Crippen LogP contribution in [0.4, 0.5) is 5.69 Å². The number of aryl methyl sites for hydroxylation is 1. The summed E-state index contributed by atoms with van der Waals surface area (Å²) >= 11 is 0. The fourth-order valence-electron chi connectivity index (χ4n) is 1.97. The highest BCUT2D eigenvalue weighted by Crippen LogP contribution is 2.32. The number of nitrogens with two attached hydrogens (primary N) is 1. The average Bonchev–Trinajstić information content (AvgIpc) is 2.37. The molecule has 1 aromatic carbocycles. The number of hydrogen-bond donors (Lipinski definition) is 1. The van der Waals surface area contributed by atoms with Crippen LogP contribution in [0.15, 0.2) is 18.5 Å². The highest BCUT2D eigenvalue weighted by molar-refractivity contribution is 5.77. The Kier molecular flexibility index (Phi) is 3.19. The number of nitrogens with zero attached hydrogens (tertiary/aromatic N) is 2. The Bertz CT molecular complexity index is 594. The van der Waals surface area contributed by atoms with Crippen molar-refractivity contribution in [1.29, 1.82) is 0 Å². The second kappa shape index (κ2) is 4.64. The number of anilines is 1. The van der Waals surface area contributed by atoms with E-state index in [0.717, 1.165) is 33.8 Å². The van der Waals surface area contributed by atoms with Crippen molar-refractivity contribution in [2.24, 2.45) is 0 Å². The highest BCUT2D eigenvalue weighted by Gasteiger charge is 2.13. The largest absolute Gasteiger partial charge is 0.496 e. The first kappa shape index (κ1) is 12.4. The van der Waals surface area contributed by atoms with Crippen molar-refractivity contribution in [3.05, 3.63) is 35.3 Å². The van der Waals surface area contributed by atoms with Crippen LogP contribution < -0.4 is 10.5 Å². The summed E-state index contributed by atoms with van der Waals surface area (Å²) in [4.78, 5) is 8.38. The van der Waals surface area contributed by atoms with Gasteiger partial charge in [-0.3, -0.25) is 0 Å². The molecule has 2 aromatic rings. The molecule has 2 N–H and O–H groups in total. The molecule has 0 aliphatic rings. The normalized spacial score (nSPS) is 10.4. The van der Waals surface area contributed by atoms with Crippen molar-refractivity contribution in [3.63, 3.8) is 0 Å². The molecule has 0 saturated heterocycles. The Balaban J connectivity index is 2.65. The molecule has 2 rings (SSSR count). The lowest BCUT2D eigenvalue weighted by atomic mass is 9.98. The van der Waals surface area contributed by atoms with E-state index in [1.54, 1.807) is 13.4 Å². The molecule has 4 heteroatoms. The lowest BCUT2D eigenvalue weighted by Crippen LogP contribution is -2.01. The van der Waals surface area contributed by atoms with Gasteiger partial charge in [-0.2, -0.15) is 0 Å². The van der Waals surface area contributed by atoms with Crippen molar-refractivity contribution in [2.75, 3.05) is 12.8 Å². The Labute approximate surface area is 107 Å². The minimum atomic E-state index is 0.630. The summed E-state index contributed by atoms with van der Waals surface area (Å²) in [6, 6.07) is 3.92. The number of nitrogen functional groups attached to an aromatic ring is 1. The van der Waals surface area contributed by atoms with Gasteiger partial charge in [-0.25, -0.2) is 9.97 Å². The number of hydrogen-bond acceptors (Lipinski definition) is 4. The third-order valence-corrected chi connectivity index (χ3v) is 3.30. The molecular weight excluding hydrogens is 226 g/mol. The summed E-state index contributed by atoms with van der Waals surface area (Å²) < 4.78 is 5.31. The van der Waals surface area contributed by atoms with E-state index in [0.29, 0.717) is 5.69 Å². The molecule has 0 fully saturated rings. The Morgan fingerprint density at radius 3 is 2.44 bits per heavy atom. The zero-order chi connectivity index (χ0) is 13.3. The van der Waals surface area contributed by atoms with Gasteiger partial charge in [0.25, 0.3) is 0 Å². The molecule has 0 aliphatic heterocycles. The van der Waals surface area contributed by atoms with Gasteiger partial charge in [0, 0.05) is 5.56 Å². The summed E-state index contributed by atoms with van der Waals surface area (Å²) in [5.74, 6) is 0.876. The molecule has 1 aromatic heterocycles. The van der Waals surface area contributed by atoms with E-state index in [-0.39, 0.29) is 0 Å². The fraction of sp³-hybridized carbons (Fsp3) is 0.286. The number of ether oxygens (including phenoxy) is 1. The molecule has 0 radical (unpaired) electrons. The van der Waals surface area contributed by atoms with Gasteiger partial charge in [0.15, 0.2) is 0 Å². The van der Waals surface area contributed by atoms with Crippen molar-refractivity contribution in [3.8, 4) is 17.0 Å². The first-order valence-corrected chi connectivity index (χ1v) is 5.78. The first-order chi connectivity index (χ1) is 8.56. The number of methoxy groups -OCH3 is 1. The molecule has 4 nitrogen and oxygen atoms in total. The number of aromatic nitrogens is 2. The van der Waals surface area contributed by atoms with E-state index in [1.807, 2.05) is 32.9 Å². The van der Waals surface area contributed by atoms with Gasteiger partial charge < -0.3 is 10.5 Å². The van der Waals surface area contributed by atoms with E-state index < -0.39 is 0 Å².